The molecule has 1 saturated carbocycles. The van der Waals surface area contributed by atoms with Gasteiger partial charge in [-0.25, -0.2) is 0 Å². The second kappa shape index (κ2) is 6.39. The summed E-state index contributed by atoms with van der Waals surface area (Å²) >= 11 is 1.94. The fraction of sp³-hybridized carbons (Fsp3) is 0.778. The summed E-state index contributed by atoms with van der Waals surface area (Å²) in [6.07, 6.45) is 10.3. The highest BCUT2D eigenvalue weighted by Crippen LogP contribution is 2.38. The van der Waals surface area contributed by atoms with E-state index in [-0.39, 0.29) is 0 Å². The third-order valence-electron chi connectivity index (χ3n) is 5.98. The van der Waals surface area contributed by atoms with Gasteiger partial charge in [0.15, 0.2) is 0 Å². The van der Waals surface area contributed by atoms with Crippen molar-refractivity contribution in [3.05, 3.63) is 22.4 Å². The molecule has 21 heavy (non-hydrogen) atoms. The fourth-order valence-electron chi connectivity index (χ4n) is 5.04. The molecule has 3 heterocycles. The zero-order valence-electron chi connectivity index (χ0n) is 13.0. The average molecular weight is 305 g/mol. The Labute approximate surface area is 133 Å². The lowest BCUT2D eigenvalue weighted by Crippen LogP contribution is -2.59. The van der Waals surface area contributed by atoms with Gasteiger partial charge in [0.1, 0.15) is 0 Å². The highest BCUT2D eigenvalue weighted by atomic mass is 32.1. The molecule has 0 bridgehead atoms. The number of hydrogen-bond donors (Lipinski definition) is 0. The smallest absolute Gasteiger partial charge is 0.0332 e. The van der Waals surface area contributed by atoms with E-state index in [0.29, 0.717) is 0 Å². The van der Waals surface area contributed by atoms with Crippen molar-refractivity contribution < 1.29 is 0 Å². The van der Waals surface area contributed by atoms with Crippen molar-refractivity contribution in [2.75, 3.05) is 19.6 Å². The number of thiophene rings is 1. The van der Waals surface area contributed by atoms with Crippen molar-refractivity contribution in [3.8, 4) is 0 Å². The first-order chi connectivity index (χ1) is 10.4. The first-order valence-corrected chi connectivity index (χ1v) is 9.80. The minimum atomic E-state index is 0.837. The summed E-state index contributed by atoms with van der Waals surface area (Å²) in [6.45, 7) is 5.15. The number of piperazine rings is 1. The highest BCUT2D eigenvalue weighted by molar-refractivity contribution is 7.09. The molecule has 3 heteroatoms. The molecule has 116 valence electrons. The summed E-state index contributed by atoms with van der Waals surface area (Å²) in [7, 11) is 0. The van der Waals surface area contributed by atoms with E-state index in [1.807, 2.05) is 11.3 Å². The Morgan fingerprint density at radius 3 is 2.71 bits per heavy atom. The van der Waals surface area contributed by atoms with Crippen molar-refractivity contribution in [2.45, 2.75) is 63.6 Å². The SMILES string of the molecule is c1csc(CN2CCN3CCC[C@H]3[C@@H]2C2CCCCC2)c1. The van der Waals surface area contributed by atoms with E-state index in [1.165, 1.54) is 71.1 Å². The molecular formula is C18H28N2S. The van der Waals surface area contributed by atoms with E-state index in [4.69, 9.17) is 0 Å². The zero-order chi connectivity index (χ0) is 14.1. The van der Waals surface area contributed by atoms with Gasteiger partial charge in [0.05, 0.1) is 0 Å². The summed E-state index contributed by atoms with van der Waals surface area (Å²) in [5.41, 5.74) is 0. The number of rotatable bonds is 3. The van der Waals surface area contributed by atoms with Crippen LogP contribution in [0.3, 0.4) is 0 Å². The van der Waals surface area contributed by atoms with E-state index in [9.17, 15) is 0 Å². The predicted molar refractivity (Wildman–Crippen MR) is 89.7 cm³/mol. The first kappa shape index (κ1) is 14.2. The second-order valence-electron chi connectivity index (χ2n) is 7.18. The van der Waals surface area contributed by atoms with E-state index in [0.717, 1.165) is 18.0 Å². The molecule has 2 nitrogen and oxygen atoms in total. The molecular weight excluding hydrogens is 276 g/mol. The maximum atomic E-state index is 2.86. The lowest BCUT2D eigenvalue weighted by atomic mass is 9.78. The van der Waals surface area contributed by atoms with Gasteiger partial charge in [0.25, 0.3) is 0 Å². The van der Waals surface area contributed by atoms with Crippen LogP contribution in [0.1, 0.15) is 49.8 Å². The lowest BCUT2D eigenvalue weighted by molar-refractivity contribution is -0.00325. The maximum absolute atomic E-state index is 2.86. The van der Waals surface area contributed by atoms with Crippen LogP contribution in [0.5, 0.6) is 0 Å². The minimum Gasteiger partial charge on any atom is -0.298 e. The van der Waals surface area contributed by atoms with Crippen LogP contribution in [0.2, 0.25) is 0 Å². The molecule has 0 aromatic carbocycles. The molecule has 3 fully saturated rings. The standard InChI is InChI=1S/C18H28N2S/c1-2-6-15(7-3-1)18-17-9-4-10-19(17)11-12-20(18)14-16-8-5-13-21-16/h5,8,13,15,17-18H,1-4,6-7,9-12,14H2/t17-,18-/m0/s1. The molecule has 0 spiro atoms. The fourth-order valence-corrected chi connectivity index (χ4v) is 5.77. The maximum Gasteiger partial charge on any atom is 0.0332 e. The molecule has 4 rings (SSSR count). The summed E-state index contributed by atoms with van der Waals surface area (Å²) in [5.74, 6) is 0.963. The van der Waals surface area contributed by atoms with Crippen LogP contribution in [-0.2, 0) is 6.54 Å². The molecule has 0 N–H and O–H groups in total. The second-order valence-corrected chi connectivity index (χ2v) is 8.22. The average Bonchev–Trinajstić information content (AvgIpc) is 3.19. The molecule has 0 amide bonds. The predicted octanol–water partition coefficient (Wildman–Crippen LogP) is 3.98. The van der Waals surface area contributed by atoms with E-state index < -0.39 is 0 Å². The Morgan fingerprint density at radius 1 is 1.00 bits per heavy atom. The molecule has 0 unspecified atom stereocenters. The van der Waals surface area contributed by atoms with Gasteiger partial charge in [0, 0.05) is 36.6 Å². The third kappa shape index (κ3) is 2.93. The van der Waals surface area contributed by atoms with Crippen molar-refractivity contribution >= 4 is 11.3 Å². The highest BCUT2D eigenvalue weighted by Gasteiger charge is 2.42. The Bertz CT molecular complexity index is 438. The van der Waals surface area contributed by atoms with Crippen LogP contribution in [0.25, 0.3) is 0 Å². The van der Waals surface area contributed by atoms with Gasteiger partial charge in [-0.15, -0.1) is 11.3 Å². The Morgan fingerprint density at radius 2 is 1.90 bits per heavy atom. The zero-order valence-corrected chi connectivity index (χ0v) is 13.9. The molecule has 2 aliphatic heterocycles. The van der Waals surface area contributed by atoms with Crippen molar-refractivity contribution in [1.29, 1.82) is 0 Å². The molecule has 2 saturated heterocycles. The minimum absolute atomic E-state index is 0.837. The van der Waals surface area contributed by atoms with Crippen molar-refractivity contribution in [2.24, 2.45) is 5.92 Å². The molecule has 1 aromatic heterocycles. The third-order valence-corrected chi connectivity index (χ3v) is 6.84. The van der Waals surface area contributed by atoms with Gasteiger partial charge in [-0.1, -0.05) is 25.3 Å². The van der Waals surface area contributed by atoms with Crippen molar-refractivity contribution in [1.82, 2.24) is 9.80 Å². The van der Waals surface area contributed by atoms with Gasteiger partial charge in [0.2, 0.25) is 0 Å². The Kier molecular flexibility index (Phi) is 4.33. The molecule has 3 aliphatic rings. The topological polar surface area (TPSA) is 6.48 Å². The Hall–Kier alpha value is -0.380. The van der Waals surface area contributed by atoms with Gasteiger partial charge >= 0.3 is 0 Å². The van der Waals surface area contributed by atoms with Crippen LogP contribution in [0, 0.1) is 5.92 Å². The quantitative estimate of drug-likeness (QED) is 0.833. The van der Waals surface area contributed by atoms with E-state index >= 15 is 0 Å². The summed E-state index contributed by atoms with van der Waals surface area (Å²) < 4.78 is 0. The van der Waals surface area contributed by atoms with Crippen LogP contribution in [-0.4, -0.2) is 41.5 Å². The summed E-state index contributed by atoms with van der Waals surface area (Å²) in [4.78, 5) is 7.22. The van der Waals surface area contributed by atoms with Crippen LogP contribution < -0.4 is 0 Å². The van der Waals surface area contributed by atoms with Gasteiger partial charge in [-0.3, -0.25) is 9.80 Å². The summed E-state index contributed by atoms with van der Waals surface area (Å²) in [6, 6.07) is 6.23. The molecule has 1 aromatic rings. The molecule has 1 aliphatic carbocycles. The van der Waals surface area contributed by atoms with Gasteiger partial charge in [-0.05, 0) is 49.6 Å². The molecule has 0 radical (unpaired) electrons. The van der Waals surface area contributed by atoms with Crippen LogP contribution in [0.4, 0.5) is 0 Å². The largest absolute Gasteiger partial charge is 0.298 e. The van der Waals surface area contributed by atoms with E-state index in [2.05, 4.69) is 27.3 Å². The lowest BCUT2D eigenvalue weighted by Gasteiger charge is -2.49. The summed E-state index contributed by atoms with van der Waals surface area (Å²) in [5, 5.41) is 2.23. The number of hydrogen-bond acceptors (Lipinski definition) is 3. The number of nitrogens with zero attached hydrogens (tertiary/aromatic N) is 2. The van der Waals surface area contributed by atoms with E-state index in [1.54, 1.807) is 4.88 Å². The normalized spacial score (nSPS) is 32.4. The first-order valence-electron chi connectivity index (χ1n) is 8.92. The van der Waals surface area contributed by atoms with Gasteiger partial charge in [-0.2, -0.15) is 0 Å². The molecule has 2 atom stereocenters. The van der Waals surface area contributed by atoms with Crippen LogP contribution in [0.15, 0.2) is 17.5 Å². The van der Waals surface area contributed by atoms with Crippen LogP contribution >= 0.6 is 11.3 Å². The monoisotopic (exact) mass is 304 g/mol. The Balaban J connectivity index is 1.54. The van der Waals surface area contributed by atoms with Crippen molar-refractivity contribution in [3.63, 3.8) is 0 Å². The van der Waals surface area contributed by atoms with Gasteiger partial charge < -0.3 is 0 Å². The number of fused-ring (bicyclic) bond motifs is 1.